The summed E-state index contributed by atoms with van der Waals surface area (Å²) in [6.07, 6.45) is 0.736. The van der Waals surface area contributed by atoms with Gasteiger partial charge in [-0.1, -0.05) is 159 Å². The Labute approximate surface area is 343 Å². The second kappa shape index (κ2) is 22.9. The van der Waals surface area contributed by atoms with Gasteiger partial charge in [0.2, 0.25) is 0 Å². The molecule has 2 aliphatic heterocycles. The van der Waals surface area contributed by atoms with Crippen LogP contribution in [-0.2, 0) is 64.3 Å². The van der Waals surface area contributed by atoms with Crippen molar-refractivity contribution in [3.63, 3.8) is 0 Å². The molecule has 2 heterocycles. The van der Waals surface area contributed by atoms with Gasteiger partial charge in [0, 0.05) is 4.91 Å². The maximum Gasteiger partial charge on any atom is 0.186 e. The van der Waals surface area contributed by atoms with Crippen molar-refractivity contribution in [1.82, 2.24) is 0 Å². The number of unbranched alkanes of at least 4 members (excludes halogenated alkanes) is 3. The molecule has 2 aliphatic rings. The van der Waals surface area contributed by atoms with Crippen LogP contribution < -0.4 is 0 Å². The average Bonchev–Trinajstić information content (AvgIpc) is 3.57. The fraction of sp³-hybridized carbons (Fsp3) is 0.489. The van der Waals surface area contributed by atoms with Crippen LogP contribution in [0.15, 0.2) is 126 Å². The van der Waals surface area contributed by atoms with Gasteiger partial charge in [-0.05, 0) is 48.1 Å². The summed E-state index contributed by atoms with van der Waals surface area (Å²) in [6.45, 7) is 7.43. The molecule has 4 aromatic rings. The zero-order valence-electron chi connectivity index (χ0n) is 34.1. The van der Waals surface area contributed by atoms with E-state index >= 15 is 0 Å². The molecular formula is C47H59N3O8. The fourth-order valence-electron chi connectivity index (χ4n) is 7.52. The Morgan fingerprint density at radius 3 is 1.67 bits per heavy atom. The molecule has 0 bridgehead atoms. The van der Waals surface area contributed by atoms with Crippen molar-refractivity contribution in [3.8, 4) is 0 Å². The molecule has 0 N–H and O–H groups in total. The highest BCUT2D eigenvalue weighted by Crippen LogP contribution is 2.36. The first-order valence-electron chi connectivity index (χ1n) is 20.7. The molecule has 11 heteroatoms. The van der Waals surface area contributed by atoms with E-state index in [0.29, 0.717) is 19.8 Å². The summed E-state index contributed by atoms with van der Waals surface area (Å²) >= 11 is 0. The van der Waals surface area contributed by atoms with Crippen molar-refractivity contribution < 1.29 is 37.9 Å². The largest absolute Gasteiger partial charge is 0.374 e. The Bertz CT molecular complexity index is 1780. The lowest BCUT2D eigenvalue weighted by molar-refractivity contribution is -0.329. The molecule has 5 unspecified atom stereocenters. The SMILES string of the molecule is CCCCCC[C@@H]1OC(C)(C)O[C@H]1[C@H](COC1OC(COCc2ccccc2)C(OCc2ccccc2)C(OCc2ccccc2)C1OCc1ccccc1)N=[N+]=[N-]. The summed E-state index contributed by atoms with van der Waals surface area (Å²) in [5, 5.41) is 4.22. The quantitative estimate of drug-likeness (QED) is 0.0315. The molecule has 0 spiro atoms. The third-order valence-electron chi connectivity index (χ3n) is 10.4. The van der Waals surface area contributed by atoms with E-state index < -0.39 is 48.6 Å². The van der Waals surface area contributed by atoms with Crippen LogP contribution in [0.1, 0.15) is 75.1 Å². The zero-order valence-corrected chi connectivity index (χ0v) is 34.1. The number of ether oxygens (including phenoxy) is 8. The first-order valence-corrected chi connectivity index (χ1v) is 20.7. The van der Waals surface area contributed by atoms with Crippen molar-refractivity contribution >= 4 is 0 Å². The Morgan fingerprint density at radius 2 is 1.14 bits per heavy atom. The third kappa shape index (κ3) is 13.2. The predicted molar refractivity (Wildman–Crippen MR) is 221 cm³/mol. The van der Waals surface area contributed by atoms with Gasteiger partial charge in [-0.2, -0.15) is 0 Å². The molecule has 58 heavy (non-hydrogen) atoms. The normalized spacial score (nSPS) is 24.6. The molecule has 310 valence electrons. The van der Waals surface area contributed by atoms with Crippen LogP contribution in [0.2, 0.25) is 0 Å². The van der Waals surface area contributed by atoms with Gasteiger partial charge in [-0.3, -0.25) is 0 Å². The lowest BCUT2D eigenvalue weighted by atomic mass is 9.97. The van der Waals surface area contributed by atoms with E-state index in [2.05, 4.69) is 16.9 Å². The van der Waals surface area contributed by atoms with Gasteiger partial charge in [0.05, 0.1) is 57.9 Å². The number of hydrogen-bond donors (Lipinski definition) is 0. The molecule has 0 saturated carbocycles. The summed E-state index contributed by atoms with van der Waals surface area (Å²) in [6, 6.07) is 39.3. The van der Waals surface area contributed by atoms with E-state index in [0.717, 1.165) is 54.4 Å². The second-order valence-corrected chi connectivity index (χ2v) is 15.4. The summed E-state index contributed by atoms with van der Waals surface area (Å²) in [5.41, 5.74) is 13.8. The molecule has 0 aliphatic carbocycles. The van der Waals surface area contributed by atoms with Gasteiger partial charge in [-0.15, -0.1) is 0 Å². The molecule has 6 rings (SSSR count). The molecular weight excluding hydrogens is 735 g/mol. The van der Waals surface area contributed by atoms with Crippen LogP contribution in [0.3, 0.4) is 0 Å². The Balaban J connectivity index is 1.30. The Kier molecular flexibility index (Phi) is 17.1. The van der Waals surface area contributed by atoms with Crippen molar-refractivity contribution in [2.24, 2.45) is 5.11 Å². The van der Waals surface area contributed by atoms with Gasteiger partial charge in [-0.25, -0.2) is 0 Å². The standard InChI is InChI=1S/C47H59N3O8/c1-4-5-6-19-28-40-42(58-47(2,3)57-40)39(49-50-48)33-55-46-45(54-32-38-26-17-10-18-27-38)44(53-31-37-24-15-9-16-25-37)43(52-30-36-22-13-8-14-23-36)41(56-46)34-51-29-35-20-11-7-12-21-35/h7-18,20-27,39-46H,4-6,19,28-34H2,1-3H3/t39-,40-,41?,42-,43?,44?,45?,46?/m0/s1. The molecule has 2 fully saturated rings. The molecule has 0 radical (unpaired) electrons. The number of benzene rings is 4. The number of hydrogen-bond acceptors (Lipinski definition) is 9. The van der Waals surface area contributed by atoms with Crippen LogP contribution in [0.25, 0.3) is 10.4 Å². The summed E-state index contributed by atoms with van der Waals surface area (Å²) in [7, 11) is 0. The van der Waals surface area contributed by atoms with E-state index in [1.807, 2.05) is 135 Å². The minimum absolute atomic E-state index is 0.00593. The van der Waals surface area contributed by atoms with Gasteiger partial charge in [0.15, 0.2) is 12.1 Å². The maximum absolute atomic E-state index is 9.80. The first kappa shape index (κ1) is 43.4. The molecule has 2 saturated heterocycles. The molecule has 0 amide bonds. The van der Waals surface area contributed by atoms with Crippen LogP contribution in [0.4, 0.5) is 0 Å². The maximum atomic E-state index is 9.80. The molecule has 0 aromatic heterocycles. The van der Waals surface area contributed by atoms with Crippen molar-refractivity contribution in [1.29, 1.82) is 0 Å². The van der Waals surface area contributed by atoms with E-state index in [1.54, 1.807) is 0 Å². The molecule has 8 atom stereocenters. The van der Waals surface area contributed by atoms with Crippen LogP contribution >= 0.6 is 0 Å². The molecule has 4 aromatic carbocycles. The van der Waals surface area contributed by atoms with Gasteiger partial charge >= 0.3 is 0 Å². The van der Waals surface area contributed by atoms with Gasteiger partial charge in [0.25, 0.3) is 0 Å². The van der Waals surface area contributed by atoms with Crippen LogP contribution in [0.5, 0.6) is 0 Å². The molecule has 11 nitrogen and oxygen atoms in total. The first-order chi connectivity index (χ1) is 28.4. The second-order valence-electron chi connectivity index (χ2n) is 15.4. The van der Waals surface area contributed by atoms with Crippen molar-refractivity contribution in [3.05, 3.63) is 154 Å². The van der Waals surface area contributed by atoms with E-state index in [9.17, 15) is 5.53 Å². The Morgan fingerprint density at radius 1 is 0.621 bits per heavy atom. The van der Waals surface area contributed by atoms with Crippen LogP contribution in [-0.4, -0.2) is 68.0 Å². The third-order valence-corrected chi connectivity index (χ3v) is 10.4. The monoisotopic (exact) mass is 793 g/mol. The fourth-order valence-corrected chi connectivity index (χ4v) is 7.52. The summed E-state index contributed by atoms with van der Waals surface area (Å²) < 4.78 is 53.2. The summed E-state index contributed by atoms with van der Waals surface area (Å²) in [5.74, 6) is -0.840. The minimum Gasteiger partial charge on any atom is -0.374 e. The van der Waals surface area contributed by atoms with E-state index in [4.69, 9.17) is 37.9 Å². The number of rotatable bonds is 23. The van der Waals surface area contributed by atoms with Crippen molar-refractivity contribution in [2.75, 3.05) is 13.2 Å². The predicted octanol–water partition coefficient (Wildman–Crippen LogP) is 9.87. The number of azide groups is 1. The Hall–Kier alpha value is -4.13. The van der Waals surface area contributed by atoms with Crippen LogP contribution in [0, 0.1) is 0 Å². The lowest BCUT2D eigenvalue weighted by Gasteiger charge is -2.46. The highest BCUT2D eigenvalue weighted by Gasteiger charge is 2.50. The van der Waals surface area contributed by atoms with E-state index in [1.165, 1.54) is 0 Å². The van der Waals surface area contributed by atoms with E-state index in [-0.39, 0.29) is 25.9 Å². The summed E-state index contributed by atoms with van der Waals surface area (Å²) in [4.78, 5) is 3.23. The average molecular weight is 794 g/mol. The smallest absolute Gasteiger partial charge is 0.186 e. The lowest BCUT2D eigenvalue weighted by Crippen LogP contribution is -2.62. The van der Waals surface area contributed by atoms with Gasteiger partial charge in [0.1, 0.15) is 24.4 Å². The zero-order chi connectivity index (χ0) is 40.4. The highest BCUT2D eigenvalue weighted by atomic mass is 16.8. The number of nitrogens with zero attached hydrogens (tertiary/aromatic N) is 3. The highest BCUT2D eigenvalue weighted by molar-refractivity contribution is 5.16. The minimum atomic E-state index is -0.957. The topological polar surface area (TPSA) is 123 Å². The van der Waals surface area contributed by atoms with Gasteiger partial charge < -0.3 is 37.9 Å². The van der Waals surface area contributed by atoms with Crippen molar-refractivity contribution in [2.45, 2.75) is 134 Å².